The second-order valence-corrected chi connectivity index (χ2v) is 6.00. The van der Waals surface area contributed by atoms with Crippen LogP contribution >= 0.6 is 11.6 Å². The Balaban J connectivity index is 2.42. The van der Waals surface area contributed by atoms with E-state index < -0.39 is 18.3 Å². The Hall–Kier alpha value is -1.02. The molecule has 1 fully saturated rings. The van der Waals surface area contributed by atoms with Crippen molar-refractivity contribution >= 4 is 24.2 Å². The van der Waals surface area contributed by atoms with Gasteiger partial charge in [-0.15, -0.1) is 12.3 Å². The molecular weight excluding hydrogens is 260 g/mol. The van der Waals surface area contributed by atoms with Gasteiger partial charge in [-0.2, -0.15) is 0 Å². The first-order valence-corrected chi connectivity index (χ1v) is 6.58. The Labute approximate surface area is 119 Å². The van der Waals surface area contributed by atoms with Crippen LogP contribution in [0.4, 0.5) is 0 Å². The number of halogens is 1. The monoisotopic (exact) mass is 277 g/mol. The van der Waals surface area contributed by atoms with Crippen LogP contribution in [0, 0.1) is 12.3 Å². The molecule has 1 aliphatic rings. The molecule has 2 heterocycles. The zero-order valence-corrected chi connectivity index (χ0v) is 12.4. The van der Waals surface area contributed by atoms with E-state index in [4.69, 9.17) is 27.3 Å². The Kier molecular flexibility index (Phi) is 3.66. The first-order chi connectivity index (χ1) is 8.78. The molecule has 0 atom stereocenters. The number of terminal acetylenes is 1. The molecule has 0 amide bonds. The summed E-state index contributed by atoms with van der Waals surface area (Å²) in [6, 6.07) is 1.85. The molecule has 0 unspecified atom stereocenters. The quantitative estimate of drug-likeness (QED) is 0.472. The van der Waals surface area contributed by atoms with Crippen LogP contribution < -0.4 is 5.46 Å². The van der Waals surface area contributed by atoms with Crippen molar-refractivity contribution in [1.82, 2.24) is 4.98 Å². The summed E-state index contributed by atoms with van der Waals surface area (Å²) in [5, 5.41) is 0.381. The average molecular weight is 278 g/mol. The standard InChI is InChI=1S/C14H17BClNO2/c1-6-7-10-8-9-17-12(16)11(10)15-18-13(2,3)14(4,5)19-15/h1,8-9H,7H2,2-5H3. The maximum absolute atomic E-state index is 6.19. The third-order valence-corrected chi connectivity index (χ3v) is 4.11. The molecule has 0 aromatic carbocycles. The lowest BCUT2D eigenvalue weighted by Crippen LogP contribution is -2.41. The second kappa shape index (κ2) is 4.83. The number of aromatic nitrogens is 1. The van der Waals surface area contributed by atoms with E-state index in [0.717, 1.165) is 11.0 Å². The third-order valence-electron chi connectivity index (χ3n) is 3.81. The van der Waals surface area contributed by atoms with Gasteiger partial charge < -0.3 is 9.31 Å². The Morgan fingerprint density at radius 3 is 2.42 bits per heavy atom. The molecule has 1 aliphatic heterocycles. The van der Waals surface area contributed by atoms with Crippen molar-refractivity contribution < 1.29 is 9.31 Å². The number of pyridine rings is 1. The zero-order chi connectivity index (χ0) is 14.3. The van der Waals surface area contributed by atoms with Crippen molar-refractivity contribution in [3.63, 3.8) is 0 Å². The normalized spacial score (nSPS) is 20.3. The number of nitrogens with zero attached hydrogens (tertiary/aromatic N) is 1. The summed E-state index contributed by atoms with van der Waals surface area (Å²) in [7, 11) is -0.533. The number of hydrogen-bond acceptors (Lipinski definition) is 3. The van der Waals surface area contributed by atoms with Crippen LogP contribution in [0.5, 0.6) is 0 Å². The van der Waals surface area contributed by atoms with E-state index in [1.54, 1.807) is 6.20 Å². The van der Waals surface area contributed by atoms with Crippen molar-refractivity contribution in [1.29, 1.82) is 0 Å². The van der Waals surface area contributed by atoms with E-state index in [-0.39, 0.29) is 0 Å². The van der Waals surface area contributed by atoms with Gasteiger partial charge in [0.1, 0.15) is 5.15 Å². The van der Waals surface area contributed by atoms with Gasteiger partial charge in [0, 0.05) is 18.1 Å². The van der Waals surface area contributed by atoms with E-state index >= 15 is 0 Å². The summed E-state index contributed by atoms with van der Waals surface area (Å²) in [4.78, 5) is 4.10. The lowest BCUT2D eigenvalue weighted by molar-refractivity contribution is 0.00578. The molecule has 19 heavy (non-hydrogen) atoms. The van der Waals surface area contributed by atoms with Crippen LogP contribution in [-0.4, -0.2) is 23.3 Å². The molecule has 1 aromatic rings. The maximum Gasteiger partial charge on any atom is 0.498 e. The van der Waals surface area contributed by atoms with Crippen molar-refractivity contribution in [2.45, 2.75) is 45.3 Å². The molecule has 0 spiro atoms. The van der Waals surface area contributed by atoms with Crippen molar-refractivity contribution in [2.75, 3.05) is 0 Å². The van der Waals surface area contributed by atoms with Gasteiger partial charge in [-0.1, -0.05) is 11.6 Å². The Morgan fingerprint density at radius 1 is 1.32 bits per heavy atom. The largest absolute Gasteiger partial charge is 0.498 e. The van der Waals surface area contributed by atoms with E-state index in [1.165, 1.54) is 0 Å². The molecule has 2 rings (SSSR count). The predicted molar refractivity (Wildman–Crippen MR) is 77.5 cm³/mol. The molecular formula is C14H17BClNO2. The maximum atomic E-state index is 6.19. The van der Waals surface area contributed by atoms with Crippen molar-refractivity contribution in [3.05, 3.63) is 23.0 Å². The first-order valence-electron chi connectivity index (χ1n) is 6.21. The van der Waals surface area contributed by atoms with Crippen LogP contribution in [-0.2, 0) is 15.7 Å². The lowest BCUT2D eigenvalue weighted by Gasteiger charge is -2.32. The summed E-state index contributed by atoms with van der Waals surface area (Å²) in [6.07, 6.45) is 7.51. The molecule has 3 nitrogen and oxygen atoms in total. The highest BCUT2D eigenvalue weighted by Gasteiger charge is 2.52. The van der Waals surface area contributed by atoms with Gasteiger partial charge in [0.25, 0.3) is 0 Å². The lowest BCUT2D eigenvalue weighted by atomic mass is 9.76. The smallest absolute Gasteiger partial charge is 0.399 e. The van der Waals surface area contributed by atoms with Crippen molar-refractivity contribution in [2.24, 2.45) is 0 Å². The van der Waals surface area contributed by atoms with Gasteiger partial charge in [-0.3, -0.25) is 0 Å². The summed E-state index contributed by atoms with van der Waals surface area (Å²) < 4.78 is 12.0. The zero-order valence-electron chi connectivity index (χ0n) is 11.7. The second-order valence-electron chi connectivity index (χ2n) is 5.64. The third kappa shape index (κ3) is 2.51. The highest BCUT2D eigenvalue weighted by atomic mass is 35.5. The van der Waals surface area contributed by atoms with Crippen LogP contribution in [0.25, 0.3) is 0 Å². The average Bonchev–Trinajstić information content (AvgIpc) is 2.48. The molecule has 0 saturated carbocycles. The summed E-state index contributed by atoms with van der Waals surface area (Å²) in [6.45, 7) is 7.99. The predicted octanol–water partition coefficient (Wildman–Crippen LogP) is 2.21. The number of hydrogen-bond donors (Lipinski definition) is 0. The minimum Gasteiger partial charge on any atom is -0.399 e. The van der Waals surface area contributed by atoms with E-state index in [0.29, 0.717) is 11.6 Å². The fraction of sp³-hybridized carbons (Fsp3) is 0.500. The minimum atomic E-state index is -0.533. The molecule has 1 saturated heterocycles. The first kappa shape index (κ1) is 14.4. The molecule has 0 aliphatic carbocycles. The van der Waals surface area contributed by atoms with Crippen LogP contribution in [0.3, 0.4) is 0 Å². The van der Waals surface area contributed by atoms with Gasteiger partial charge in [0.15, 0.2) is 0 Å². The van der Waals surface area contributed by atoms with E-state index in [1.807, 2.05) is 33.8 Å². The van der Waals surface area contributed by atoms with Gasteiger partial charge in [0.05, 0.1) is 11.2 Å². The molecule has 1 aromatic heterocycles. The van der Waals surface area contributed by atoms with Crippen LogP contribution in [0.15, 0.2) is 12.3 Å². The number of rotatable bonds is 2. The van der Waals surface area contributed by atoms with Gasteiger partial charge >= 0.3 is 7.12 Å². The van der Waals surface area contributed by atoms with E-state index in [9.17, 15) is 0 Å². The molecule has 0 radical (unpaired) electrons. The van der Waals surface area contributed by atoms with Crippen molar-refractivity contribution in [3.8, 4) is 12.3 Å². The summed E-state index contributed by atoms with van der Waals surface area (Å²) in [5.74, 6) is 2.62. The molecule has 5 heteroatoms. The van der Waals surface area contributed by atoms with Gasteiger partial charge in [-0.25, -0.2) is 4.98 Å². The van der Waals surface area contributed by atoms with Gasteiger partial charge in [-0.05, 0) is 39.3 Å². The minimum absolute atomic E-state index is 0.381. The molecule has 0 bridgehead atoms. The highest BCUT2D eigenvalue weighted by Crippen LogP contribution is 2.37. The van der Waals surface area contributed by atoms with Gasteiger partial charge in [0.2, 0.25) is 0 Å². The topological polar surface area (TPSA) is 31.4 Å². The van der Waals surface area contributed by atoms with E-state index in [2.05, 4.69) is 10.9 Å². The summed E-state index contributed by atoms with van der Waals surface area (Å²) >= 11 is 6.19. The molecule has 100 valence electrons. The fourth-order valence-electron chi connectivity index (χ4n) is 1.96. The Bertz CT molecular complexity index is 521. The summed E-state index contributed by atoms with van der Waals surface area (Å²) in [5.41, 5.74) is 0.830. The molecule has 0 N–H and O–H groups in total. The fourth-order valence-corrected chi connectivity index (χ4v) is 2.22. The Morgan fingerprint density at radius 2 is 1.89 bits per heavy atom. The SMILES string of the molecule is C#CCc1ccnc(Cl)c1B1OC(C)(C)C(C)(C)O1. The van der Waals surface area contributed by atoms with Crippen LogP contribution in [0.1, 0.15) is 33.3 Å². The van der Waals surface area contributed by atoms with Crippen LogP contribution in [0.2, 0.25) is 5.15 Å². The highest BCUT2D eigenvalue weighted by molar-refractivity contribution is 6.66.